The zero-order valence-electron chi connectivity index (χ0n) is 13.5. The molecule has 6 heteroatoms. The zero-order chi connectivity index (χ0) is 16.8. The number of nitrogens with zero attached hydrogens (tertiary/aromatic N) is 3. The largest absolute Gasteiger partial charge is 0.366 e. The molecule has 0 unspecified atom stereocenters. The average molecular weight is 345 g/mol. The molecule has 1 amide bonds. The summed E-state index contributed by atoms with van der Waals surface area (Å²) in [4.78, 5) is 22.9. The number of carbonyl (C=O) groups is 1. The van der Waals surface area contributed by atoms with Gasteiger partial charge in [-0.3, -0.25) is 4.79 Å². The Bertz CT molecular complexity index is 682. The molecule has 0 spiro atoms. The fraction of sp³-hybridized carbons (Fsp3) is 0.389. The van der Waals surface area contributed by atoms with Crippen LogP contribution >= 0.6 is 11.6 Å². The Balaban J connectivity index is 1.64. The van der Waals surface area contributed by atoms with Crippen LogP contribution in [-0.2, 0) is 6.54 Å². The lowest BCUT2D eigenvalue weighted by Crippen LogP contribution is -2.32. The molecule has 24 heavy (non-hydrogen) atoms. The molecular weight excluding hydrogens is 324 g/mol. The van der Waals surface area contributed by atoms with Gasteiger partial charge in [-0.15, -0.1) is 0 Å². The quantitative estimate of drug-likeness (QED) is 0.917. The number of anilines is 1. The maximum atomic E-state index is 12.6. The lowest BCUT2D eigenvalue weighted by molar-refractivity contribution is 0.0755. The average Bonchev–Trinajstić information content (AvgIpc) is 2.90. The van der Waals surface area contributed by atoms with E-state index in [0.717, 1.165) is 31.5 Å². The van der Waals surface area contributed by atoms with Crippen molar-refractivity contribution in [3.05, 3.63) is 52.9 Å². The van der Waals surface area contributed by atoms with Crippen molar-refractivity contribution >= 4 is 23.3 Å². The first kappa shape index (κ1) is 16.7. The third-order valence-corrected chi connectivity index (χ3v) is 4.42. The van der Waals surface area contributed by atoms with Crippen LogP contribution in [0.3, 0.4) is 0 Å². The fourth-order valence-corrected chi connectivity index (χ4v) is 2.93. The number of benzene rings is 1. The highest BCUT2D eigenvalue weighted by Crippen LogP contribution is 2.15. The standard InChI is InChI=1S/C18H21ClN4O/c19-15-7-5-14(6-8-15)12-20-17-11-16(21-13-22-17)18(24)23-9-3-1-2-4-10-23/h5-8,11,13H,1-4,9-10,12H2,(H,20,21,22). The van der Waals surface area contributed by atoms with E-state index in [2.05, 4.69) is 15.3 Å². The number of likely N-dealkylation sites (tertiary alicyclic amines) is 1. The maximum Gasteiger partial charge on any atom is 0.272 e. The SMILES string of the molecule is O=C(c1cc(NCc2ccc(Cl)cc2)ncn1)N1CCCCCC1. The first-order valence-electron chi connectivity index (χ1n) is 8.32. The number of rotatable bonds is 4. The molecule has 1 aliphatic rings. The molecule has 1 aromatic heterocycles. The van der Waals surface area contributed by atoms with Crippen molar-refractivity contribution in [2.24, 2.45) is 0 Å². The number of hydrogen-bond donors (Lipinski definition) is 1. The summed E-state index contributed by atoms with van der Waals surface area (Å²) in [6.07, 6.45) is 5.97. The van der Waals surface area contributed by atoms with E-state index in [4.69, 9.17) is 11.6 Å². The van der Waals surface area contributed by atoms with Crippen molar-refractivity contribution < 1.29 is 4.79 Å². The molecule has 0 aliphatic carbocycles. The van der Waals surface area contributed by atoms with Gasteiger partial charge in [0.25, 0.3) is 5.91 Å². The molecule has 1 aliphatic heterocycles. The van der Waals surface area contributed by atoms with Crippen molar-refractivity contribution in [2.75, 3.05) is 18.4 Å². The molecule has 0 radical (unpaired) electrons. The summed E-state index contributed by atoms with van der Waals surface area (Å²) in [5.41, 5.74) is 1.55. The number of carbonyl (C=O) groups excluding carboxylic acids is 1. The van der Waals surface area contributed by atoms with Gasteiger partial charge in [-0.05, 0) is 30.5 Å². The van der Waals surface area contributed by atoms with Crippen molar-refractivity contribution in [1.29, 1.82) is 0 Å². The van der Waals surface area contributed by atoms with E-state index in [1.54, 1.807) is 6.07 Å². The molecule has 2 heterocycles. The Kier molecular flexibility index (Phi) is 5.64. The lowest BCUT2D eigenvalue weighted by Gasteiger charge is -2.19. The summed E-state index contributed by atoms with van der Waals surface area (Å²) in [5.74, 6) is 0.645. The summed E-state index contributed by atoms with van der Waals surface area (Å²) in [6, 6.07) is 9.35. The van der Waals surface area contributed by atoms with E-state index in [1.807, 2.05) is 29.2 Å². The highest BCUT2D eigenvalue weighted by Gasteiger charge is 2.18. The number of nitrogens with one attached hydrogen (secondary N) is 1. The van der Waals surface area contributed by atoms with Gasteiger partial charge in [0, 0.05) is 30.7 Å². The van der Waals surface area contributed by atoms with E-state index in [1.165, 1.54) is 19.2 Å². The summed E-state index contributed by atoms with van der Waals surface area (Å²) in [6.45, 7) is 2.25. The fourth-order valence-electron chi connectivity index (χ4n) is 2.80. The molecule has 1 saturated heterocycles. The van der Waals surface area contributed by atoms with Gasteiger partial charge in [0.05, 0.1) is 0 Å². The smallest absolute Gasteiger partial charge is 0.272 e. The molecular formula is C18H21ClN4O. The normalized spacial score (nSPS) is 15.0. The molecule has 0 saturated carbocycles. The van der Waals surface area contributed by atoms with Crippen LogP contribution < -0.4 is 5.32 Å². The number of halogens is 1. The first-order chi connectivity index (χ1) is 11.7. The van der Waals surface area contributed by atoms with Crippen molar-refractivity contribution in [3.63, 3.8) is 0 Å². The topological polar surface area (TPSA) is 58.1 Å². The van der Waals surface area contributed by atoms with Crippen LogP contribution in [0.5, 0.6) is 0 Å². The first-order valence-corrected chi connectivity index (χ1v) is 8.70. The van der Waals surface area contributed by atoms with E-state index in [9.17, 15) is 4.79 Å². The zero-order valence-corrected chi connectivity index (χ0v) is 14.3. The van der Waals surface area contributed by atoms with Gasteiger partial charge in [0.15, 0.2) is 0 Å². The van der Waals surface area contributed by atoms with Crippen LogP contribution in [0.1, 0.15) is 41.7 Å². The second kappa shape index (κ2) is 8.11. The van der Waals surface area contributed by atoms with Gasteiger partial charge in [0.2, 0.25) is 0 Å². The molecule has 1 aromatic carbocycles. The van der Waals surface area contributed by atoms with Crippen LogP contribution in [0.2, 0.25) is 5.02 Å². The number of hydrogen-bond acceptors (Lipinski definition) is 4. The van der Waals surface area contributed by atoms with E-state index in [-0.39, 0.29) is 5.91 Å². The molecule has 126 valence electrons. The van der Waals surface area contributed by atoms with E-state index in [0.29, 0.717) is 23.1 Å². The Hall–Kier alpha value is -2.14. The lowest BCUT2D eigenvalue weighted by atomic mass is 10.2. The Morgan fingerprint density at radius 1 is 1.08 bits per heavy atom. The second-order valence-corrected chi connectivity index (χ2v) is 6.41. The Morgan fingerprint density at radius 3 is 2.50 bits per heavy atom. The highest BCUT2D eigenvalue weighted by molar-refractivity contribution is 6.30. The number of aromatic nitrogens is 2. The van der Waals surface area contributed by atoms with E-state index < -0.39 is 0 Å². The van der Waals surface area contributed by atoms with Gasteiger partial charge in [-0.25, -0.2) is 9.97 Å². The van der Waals surface area contributed by atoms with Crippen molar-refractivity contribution in [3.8, 4) is 0 Å². The predicted molar refractivity (Wildman–Crippen MR) is 95.2 cm³/mol. The summed E-state index contributed by atoms with van der Waals surface area (Å²) in [5, 5.41) is 3.94. The minimum absolute atomic E-state index is 0.00570. The third kappa shape index (κ3) is 4.45. The third-order valence-electron chi connectivity index (χ3n) is 4.17. The Labute approximate surface area is 147 Å². The van der Waals surface area contributed by atoms with Crippen LogP contribution in [0.25, 0.3) is 0 Å². The van der Waals surface area contributed by atoms with Crippen LogP contribution in [0.15, 0.2) is 36.7 Å². The molecule has 0 atom stereocenters. The van der Waals surface area contributed by atoms with Crippen LogP contribution in [-0.4, -0.2) is 33.9 Å². The summed E-state index contributed by atoms with van der Waals surface area (Å²) >= 11 is 5.89. The minimum atomic E-state index is -0.00570. The highest BCUT2D eigenvalue weighted by atomic mass is 35.5. The van der Waals surface area contributed by atoms with Gasteiger partial charge in [0.1, 0.15) is 17.8 Å². The molecule has 1 N–H and O–H groups in total. The minimum Gasteiger partial charge on any atom is -0.366 e. The van der Waals surface area contributed by atoms with Crippen molar-refractivity contribution in [1.82, 2.24) is 14.9 Å². The van der Waals surface area contributed by atoms with E-state index >= 15 is 0 Å². The van der Waals surface area contributed by atoms with Crippen molar-refractivity contribution in [2.45, 2.75) is 32.2 Å². The molecule has 1 fully saturated rings. The van der Waals surface area contributed by atoms with Gasteiger partial charge in [-0.2, -0.15) is 0 Å². The molecule has 5 nitrogen and oxygen atoms in total. The van der Waals surface area contributed by atoms with Gasteiger partial charge in [-0.1, -0.05) is 36.6 Å². The predicted octanol–water partition coefficient (Wildman–Crippen LogP) is 3.76. The second-order valence-electron chi connectivity index (χ2n) is 5.97. The van der Waals surface area contributed by atoms with Gasteiger partial charge >= 0.3 is 0 Å². The summed E-state index contributed by atoms with van der Waals surface area (Å²) in [7, 11) is 0. The molecule has 0 bridgehead atoms. The monoisotopic (exact) mass is 344 g/mol. The molecule has 3 rings (SSSR count). The number of amides is 1. The summed E-state index contributed by atoms with van der Waals surface area (Å²) < 4.78 is 0. The maximum absolute atomic E-state index is 12.6. The van der Waals surface area contributed by atoms with Gasteiger partial charge < -0.3 is 10.2 Å². The Morgan fingerprint density at radius 2 is 1.79 bits per heavy atom. The van der Waals surface area contributed by atoms with Crippen LogP contribution in [0, 0.1) is 0 Å². The molecule has 2 aromatic rings. The van der Waals surface area contributed by atoms with Crippen LogP contribution in [0.4, 0.5) is 5.82 Å².